The van der Waals surface area contributed by atoms with Crippen LogP contribution in [-0.4, -0.2) is 78.7 Å². The average Bonchev–Trinajstić information content (AvgIpc) is 3.19. The van der Waals surface area contributed by atoms with Gasteiger partial charge in [-0.25, -0.2) is 0 Å². The van der Waals surface area contributed by atoms with Crippen molar-refractivity contribution in [3.8, 4) is 0 Å². The molecule has 0 atom stereocenters. The summed E-state index contributed by atoms with van der Waals surface area (Å²) in [6, 6.07) is 0. The van der Waals surface area contributed by atoms with E-state index in [4.69, 9.17) is 0 Å². The number of hydrogen-bond donors (Lipinski definition) is 0. The predicted octanol–water partition coefficient (Wildman–Crippen LogP) is 2.26. The first kappa shape index (κ1) is 19.8. The van der Waals surface area contributed by atoms with Crippen molar-refractivity contribution in [2.24, 2.45) is 17.8 Å². The molecule has 0 N–H and O–H groups in total. The number of carbonyl (C=O) groups is 2. The van der Waals surface area contributed by atoms with Crippen molar-refractivity contribution >= 4 is 11.7 Å². The second-order valence-corrected chi connectivity index (χ2v) is 8.82. The minimum atomic E-state index is 0.126. The molecule has 5 heteroatoms. The van der Waals surface area contributed by atoms with E-state index in [2.05, 4.69) is 14.7 Å². The minimum absolute atomic E-state index is 0.126. The summed E-state index contributed by atoms with van der Waals surface area (Å²) in [6.45, 7) is 12.6. The Balaban J connectivity index is 1.36. The first-order valence-electron chi connectivity index (χ1n) is 10.8. The molecule has 0 spiro atoms. The van der Waals surface area contributed by atoms with Crippen LogP contribution in [0, 0.1) is 17.8 Å². The zero-order chi connectivity index (χ0) is 18.5. The Labute approximate surface area is 159 Å². The van der Waals surface area contributed by atoms with E-state index < -0.39 is 0 Å². The highest BCUT2D eigenvalue weighted by Gasteiger charge is 2.33. The summed E-state index contributed by atoms with van der Waals surface area (Å²) in [4.78, 5) is 32.2. The van der Waals surface area contributed by atoms with Crippen molar-refractivity contribution in [2.45, 2.75) is 52.4 Å². The molecule has 0 aromatic carbocycles. The molecule has 2 aliphatic heterocycles. The number of Topliss-reactive ketones (excluding diaryl/α,β-unsaturated/α-hetero) is 1. The van der Waals surface area contributed by atoms with Gasteiger partial charge in [0.15, 0.2) is 0 Å². The van der Waals surface area contributed by atoms with Gasteiger partial charge in [0, 0.05) is 57.0 Å². The lowest BCUT2D eigenvalue weighted by molar-refractivity contribution is -0.140. The Kier molecular flexibility index (Phi) is 7.10. The van der Waals surface area contributed by atoms with Crippen LogP contribution in [-0.2, 0) is 9.59 Å². The zero-order valence-corrected chi connectivity index (χ0v) is 16.8. The minimum Gasteiger partial charge on any atom is -0.340 e. The molecule has 2 heterocycles. The molecule has 26 heavy (non-hydrogen) atoms. The molecule has 1 amide bonds. The summed E-state index contributed by atoms with van der Waals surface area (Å²) in [5.41, 5.74) is 0. The Bertz CT molecular complexity index is 472. The fraction of sp³-hybridized carbons (Fsp3) is 0.905. The third kappa shape index (κ3) is 5.07. The fourth-order valence-electron chi connectivity index (χ4n) is 4.84. The number of nitrogens with zero attached hydrogens (tertiary/aromatic N) is 3. The summed E-state index contributed by atoms with van der Waals surface area (Å²) in [7, 11) is 0. The maximum atomic E-state index is 12.9. The van der Waals surface area contributed by atoms with E-state index in [1.165, 1.54) is 32.5 Å². The molecular formula is C21H37N3O2. The van der Waals surface area contributed by atoms with Crippen LogP contribution in [0.15, 0.2) is 0 Å². The first-order chi connectivity index (χ1) is 12.5. The van der Waals surface area contributed by atoms with Crippen molar-refractivity contribution in [2.75, 3.05) is 52.4 Å². The largest absolute Gasteiger partial charge is 0.340 e. The molecule has 1 saturated carbocycles. The second kappa shape index (κ2) is 9.32. The summed E-state index contributed by atoms with van der Waals surface area (Å²) < 4.78 is 0. The van der Waals surface area contributed by atoms with E-state index in [1.807, 2.05) is 13.8 Å². The highest BCUT2D eigenvalue weighted by molar-refractivity contribution is 5.83. The average molecular weight is 364 g/mol. The maximum Gasteiger partial charge on any atom is 0.225 e. The van der Waals surface area contributed by atoms with E-state index in [0.29, 0.717) is 11.7 Å². The molecular weight excluding hydrogens is 326 g/mol. The van der Waals surface area contributed by atoms with Gasteiger partial charge in [-0.15, -0.1) is 0 Å². The number of piperazine rings is 1. The molecule has 148 valence electrons. The van der Waals surface area contributed by atoms with Gasteiger partial charge < -0.3 is 9.80 Å². The molecule has 2 saturated heterocycles. The molecule has 0 bridgehead atoms. The summed E-state index contributed by atoms with van der Waals surface area (Å²) in [6.07, 6.45) is 6.32. The van der Waals surface area contributed by atoms with Gasteiger partial charge in [-0.2, -0.15) is 0 Å². The number of amides is 1. The van der Waals surface area contributed by atoms with Gasteiger partial charge in [-0.3, -0.25) is 14.5 Å². The lowest BCUT2D eigenvalue weighted by Crippen LogP contribution is -2.51. The van der Waals surface area contributed by atoms with Crippen molar-refractivity contribution in [1.29, 1.82) is 0 Å². The monoisotopic (exact) mass is 363 g/mol. The number of ketones is 1. The molecule has 1 aliphatic carbocycles. The SMILES string of the molecule is CC(C)C(=O)C1CCC(C(=O)N2CCN(CCN3CCCC3)CC2)CC1. The van der Waals surface area contributed by atoms with E-state index in [1.54, 1.807) is 0 Å². The lowest BCUT2D eigenvalue weighted by Gasteiger charge is -2.38. The molecule has 0 aromatic rings. The maximum absolute atomic E-state index is 12.9. The standard InChI is InChI=1S/C21H37N3O2/c1-17(2)20(25)18-5-7-19(8-6-18)21(26)24-15-13-23(14-16-24)12-11-22-9-3-4-10-22/h17-19H,3-16H2,1-2H3. The van der Waals surface area contributed by atoms with Crippen molar-refractivity contribution in [3.05, 3.63) is 0 Å². The predicted molar refractivity (Wildman–Crippen MR) is 104 cm³/mol. The molecule has 3 aliphatic rings. The second-order valence-electron chi connectivity index (χ2n) is 8.82. The summed E-state index contributed by atoms with van der Waals surface area (Å²) in [5, 5.41) is 0. The van der Waals surface area contributed by atoms with Gasteiger partial charge in [0.25, 0.3) is 0 Å². The van der Waals surface area contributed by atoms with Gasteiger partial charge in [0.05, 0.1) is 0 Å². The molecule has 0 unspecified atom stereocenters. The Morgan fingerprint density at radius 1 is 0.769 bits per heavy atom. The van der Waals surface area contributed by atoms with Crippen LogP contribution in [0.2, 0.25) is 0 Å². The van der Waals surface area contributed by atoms with Crippen molar-refractivity contribution in [3.63, 3.8) is 0 Å². The van der Waals surface area contributed by atoms with Crippen LogP contribution < -0.4 is 0 Å². The molecule has 5 nitrogen and oxygen atoms in total. The smallest absolute Gasteiger partial charge is 0.225 e. The van der Waals surface area contributed by atoms with Gasteiger partial charge >= 0.3 is 0 Å². The van der Waals surface area contributed by atoms with Crippen LogP contribution in [0.1, 0.15) is 52.4 Å². The van der Waals surface area contributed by atoms with Crippen LogP contribution >= 0.6 is 0 Å². The van der Waals surface area contributed by atoms with Gasteiger partial charge in [-0.1, -0.05) is 13.8 Å². The third-order valence-electron chi connectivity index (χ3n) is 6.66. The third-order valence-corrected chi connectivity index (χ3v) is 6.66. The summed E-state index contributed by atoms with van der Waals surface area (Å²) in [5.74, 6) is 1.21. The molecule has 0 aromatic heterocycles. The summed E-state index contributed by atoms with van der Waals surface area (Å²) >= 11 is 0. The number of rotatable bonds is 6. The lowest BCUT2D eigenvalue weighted by atomic mass is 9.77. The number of carbonyl (C=O) groups excluding carboxylic acids is 2. The fourth-order valence-corrected chi connectivity index (χ4v) is 4.84. The highest BCUT2D eigenvalue weighted by atomic mass is 16.2. The normalized spacial score (nSPS) is 28.7. The van der Waals surface area contributed by atoms with Gasteiger partial charge in [0.2, 0.25) is 5.91 Å². The van der Waals surface area contributed by atoms with Crippen LogP contribution in [0.3, 0.4) is 0 Å². The zero-order valence-electron chi connectivity index (χ0n) is 16.8. The van der Waals surface area contributed by atoms with Crippen molar-refractivity contribution in [1.82, 2.24) is 14.7 Å². The van der Waals surface area contributed by atoms with Gasteiger partial charge in [-0.05, 0) is 51.6 Å². The van der Waals surface area contributed by atoms with Crippen LogP contribution in [0.5, 0.6) is 0 Å². The Morgan fingerprint density at radius 2 is 1.27 bits per heavy atom. The van der Waals surface area contributed by atoms with E-state index >= 15 is 0 Å². The quantitative estimate of drug-likeness (QED) is 0.726. The molecule has 0 radical (unpaired) electrons. The number of likely N-dealkylation sites (tertiary alicyclic amines) is 1. The molecule has 3 rings (SSSR count). The van der Waals surface area contributed by atoms with Crippen LogP contribution in [0.4, 0.5) is 0 Å². The Hall–Kier alpha value is -0.940. The molecule has 3 fully saturated rings. The van der Waals surface area contributed by atoms with E-state index in [-0.39, 0.29) is 17.8 Å². The van der Waals surface area contributed by atoms with Crippen molar-refractivity contribution < 1.29 is 9.59 Å². The Morgan fingerprint density at radius 3 is 1.81 bits per heavy atom. The first-order valence-corrected chi connectivity index (χ1v) is 10.8. The van der Waals surface area contributed by atoms with E-state index in [9.17, 15) is 9.59 Å². The van der Waals surface area contributed by atoms with E-state index in [0.717, 1.165) is 58.4 Å². The topological polar surface area (TPSA) is 43.9 Å². The number of hydrogen-bond acceptors (Lipinski definition) is 4. The van der Waals surface area contributed by atoms with Gasteiger partial charge in [0.1, 0.15) is 5.78 Å². The highest BCUT2D eigenvalue weighted by Crippen LogP contribution is 2.32. The van der Waals surface area contributed by atoms with Crippen LogP contribution in [0.25, 0.3) is 0 Å².